The molecule has 0 spiro atoms. The standard InChI is InChI=1S/C9H9ClF2N2O4/c10-4-1-2-5(14(17)18)6(7(4)16)8(13)9(11,12)3-15/h1-2,8,15-16H,3,13H2/t8-/m1/s1. The molecule has 1 rings (SSSR count). The van der Waals surface area contributed by atoms with Gasteiger partial charge in [0.15, 0.2) is 0 Å². The Hall–Kier alpha value is -1.51. The Morgan fingerprint density at radius 2 is 2.11 bits per heavy atom. The third-order valence-electron chi connectivity index (χ3n) is 2.32. The number of nitro groups is 1. The van der Waals surface area contributed by atoms with Crippen LogP contribution in [0.15, 0.2) is 12.1 Å². The number of nitro benzene ring substituents is 1. The number of alkyl halides is 2. The first-order valence-electron chi connectivity index (χ1n) is 4.62. The fraction of sp³-hybridized carbons (Fsp3) is 0.333. The summed E-state index contributed by atoms with van der Waals surface area (Å²) in [5, 5.41) is 28.4. The molecule has 0 radical (unpaired) electrons. The first-order chi connectivity index (χ1) is 8.22. The van der Waals surface area contributed by atoms with Gasteiger partial charge in [-0.2, -0.15) is 0 Å². The molecule has 1 aromatic carbocycles. The number of aliphatic hydroxyl groups excluding tert-OH is 1. The monoisotopic (exact) mass is 282 g/mol. The van der Waals surface area contributed by atoms with Gasteiger partial charge in [0.25, 0.3) is 11.6 Å². The van der Waals surface area contributed by atoms with Crippen molar-refractivity contribution in [3.05, 3.63) is 32.8 Å². The van der Waals surface area contributed by atoms with Gasteiger partial charge in [-0.3, -0.25) is 10.1 Å². The van der Waals surface area contributed by atoms with Gasteiger partial charge in [-0.05, 0) is 6.07 Å². The Balaban J connectivity index is 3.46. The van der Waals surface area contributed by atoms with E-state index in [1.165, 1.54) is 0 Å². The Morgan fingerprint density at radius 3 is 2.56 bits per heavy atom. The molecule has 1 aromatic rings. The number of nitrogens with zero attached hydrogens (tertiary/aromatic N) is 1. The van der Waals surface area contributed by atoms with Crippen molar-refractivity contribution in [2.45, 2.75) is 12.0 Å². The van der Waals surface area contributed by atoms with Crippen LogP contribution in [0.25, 0.3) is 0 Å². The third-order valence-corrected chi connectivity index (χ3v) is 2.62. The highest BCUT2D eigenvalue weighted by atomic mass is 35.5. The van der Waals surface area contributed by atoms with Crippen LogP contribution in [-0.2, 0) is 0 Å². The van der Waals surface area contributed by atoms with Crippen LogP contribution >= 0.6 is 11.6 Å². The lowest BCUT2D eigenvalue weighted by Gasteiger charge is -2.22. The molecule has 0 amide bonds. The fourth-order valence-electron chi connectivity index (χ4n) is 1.35. The van der Waals surface area contributed by atoms with Gasteiger partial charge < -0.3 is 15.9 Å². The van der Waals surface area contributed by atoms with Gasteiger partial charge in [0.05, 0.1) is 15.5 Å². The largest absolute Gasteiger partial charge is 0.506 e. The van der Waals surface area contributed by atoms with E-state index in [1.807, 2.05) is 0 Å². The molecule has 18 heavy (non-hydrogen) atoms. The lowest BCUT2D eigenvalue weighted by Crippen LogP contribution is -2.36. The summed E-state index contributed by atoms with van der Waals surface area (Å²) >= 11 is 5.49. The molecule has 0 aliphatic heterocycles. The molecule has 0 aliphatic carbocycles. The Morgan fingerprint density at radius 1 is 1.56 bits per heavy atom. The molecule has 0 aromatic heterocycles. The van der Waals surface area contributed by atoms with Crippen LogP contribution in [0.2, 0.25) is 5.02 Å². The molecular formula is C9H9ClF2N2O4. The number of halogens is 3. The van der Waals surface area contributed by atoms with Gasteiger partial charge in [-0.25, -0.2) is 8.78 Å². The van der Waals surface area contributed by atoms with E-state index < -0.39 is 40.5 Å². The van der Waals surface area contributed by atoms with Crippen molar-refractivity contribution in [2.75, 3.05) is 6.61 Å². The van der Waals surface area contributed by atoms with E-state index in [4.69, 9.17) is 22.4 Å². The number of benzene rings is 1. The molecular weight excluding hydrogens is 274 g/mol. The summed E-state index contributed by atoms with van der Waals surface area (Å²) in [5.41, 5.74) is 3.55. The molecule has 0 aliphatic rings. The Bertz CT molecular complexity index is 484. The molecule has 6 nitrogen and oxygen atoms in total. The van der Waals surface area contributed by atoms with Crippen LogP contribution in [0, 0.1) is 10.1 Å². The van der Waals surface area contributed by atoms with Crippen LogP contribution in [0.4, 0.5) is 14.5 Å². The molecule has 0 saturated heterocycles. The third kappa shape index (κ3) is 2.50. The minimum Gasteiger partial charge on any atom is -0.506 e. The van der Waals surface area contributed by atoms with Crippen molar-refractivity contribution in [3.63, 3.8) is 0 Å². The number of nitrogens with two attached hydrogens (primary N) is 1. The van der Waals surface area contributed by atoms with E-state index >= 15 is 0 Å². The Kier molecular flexibility index (Phi) is 4.05. The molecule has 4 N–H and O–H groups in total. The SMILES string of the molecule is N[C@H](c1c([N+](=O)[O-])ccc(Cl)c1O)C(F)(F)CO. The summed E-state index contributed by atoms with van der Waals surface area (Å²) in [7, 11) is 0. The zero-order chi connectivity index (χ0) is 14.1. The maximum absolute atomic E-state index is 13.2. The second-order valence-electron chi connectivity index (χ2n) is 3.48. The minimum atomic E-state index is -3.83. The summed E-state index contributed by atoms with van der Waals surface area (Å²) in [5.74, 6) is -4.72. The first kappa shape index (κ1) is 14.6. The average molecular weight is 283 g/mol. The summed E-state index contributed by atoms with van der Waals surface area (Å²) in [6.45, 7) is -1.61. The van der Waals surface area contributed by atoms with Crippen molar-refractivity contribution in [1.82, 2.24) is 0 Å². The van der Waals surface area contributed by atoms with Gasteiger partial charge >= 0.3 is 0 Å². The number of aromatic hydroxyl groups is 1. The van der Waals surface area contributed by atoms with E-state index in [-0.39, 0.29) is 5.02 Å². The average Bonchev–Trinajstić information content (AvgIpc) is 2.31. The maximum atomic E-state index is 13.2. The molecule has 9 heteroatoms. The van der Waals surface area contributed by atoms with Crippen molar-refractivity contribution in [3.8, 4) is 5.75 Å². The van der Waals surface area contributed by atoms with Crippen molar-refractivity contribution in [1.29, 1.82) is 0 Å². The van der Waals surface area contributed by atoms with Crippen LogP contribution < -0.4 is 5.73 Å². The highest BCUT2D eigenvalue weighted by Crippen LogP contribution is 2.42. The number of phenols is 1. The molecule has 0 unspecified atom stereocenters. The lowest BCUT2D eigenvalue weighted by atomic mass is 9.99. The fourth-order valence-corrected chi connectivity index (χ4v) is 1.51. The number of hydrogen-bond donors (Lipinski definition) is 3. The topological polar surface area (TPSA) is 110 Å². The minimum absolute atomic E-state index is 0.347. The zero-order valence-electron chi connectivity index (χ0n) is 8.81. The van der Waals surface area contributed by atoms with Crippen molar-refractivity contribution >= 4 is 17.3 Å². The van der Waals surface area contributed by atoms with Gasteiger partial charge in [0.1, 0.15) is 18.4 Å². The predicted molar refractivity (Wildman–Crippen MR) is 58.7 cm³/mol. The molecule has 1 atom stereocenters. The molecule has 0 saturated carbocycles. The normalized spacial score (nSPS) is 13.4. The van der Waals surface area contributed by atoms with Crippen LogP contribution in [-0.4, -0.2) is 27.7 Å². The van der Waals surface area contributed by atoms with Gasteiger partial charge in [-0.1, -0.05) is 11.6 Å². The number of aliphatic hydroxyl groups is 1. The summed E-state index contributed by atoms with van der Waals surface area (Å²) in [4.78, 5) is 9.72. The molecule has 0 heterocycles. The molecule has 0 fully saturated rings. The highest BCUT2D eigenvalue weighted by molar-refractivity contribution is 6.32. The summed E-state index contributed by atoms with van der Waals surface area (Å²) in [6, 6.07) is -0.408. The van der Waals surface area contributed by atoms with Crippen LogP contribution in [0.1, 0.15) is 11.6 Å². The van der Waals surface area contributed by atoms with Crippen molar-refractivity contribution in [2.24, 2.45) is 5.73 Å². The smallest absolute Gasteiger partial charge is 0.289 e. The summed E-state index contributed by atoms with van der Waals surface area (Å²) < 4.78 is 26.5. The van der Waals surface area contributed by atoms with Gasteiger partial charge in [-0.15, -0.1) is 0 Å². The van der Waals surface area contributed by atoms with Crippen LogP contribution in [0.5, 0.6) is 5.75 Å². The quantitative estimate of drug-likeness (QED) is 0.574. The highest BCUT2D eigenvalue weighted by Gasteiger charge is 2.42. The van der Waals surface area contributed by atoms with Gasteiger partial charge in [0.2, 0.25) is 0 Å². The maximum Gasteiger partial charge on any atom is 0.289 e. The van der Waals surface area contributed by atoms with E-state index in [0.717, 1.165) is 12.1 Å². The van der Waals surface area contributed by atoms with Crippen LogP contribution in [0.3, 0.4) is 0 Å². The number of rotatable bonds is 4. The molecule has 100 valence electrons. The van der Waals surface area contributed by atoms with Gasteiger partial charge in [0, 0.05) is 6.07 Å². The van der Waals surface area contributed by atoms with E-state index in [1.54, 1.807) is 0 Å². The Labute approximate surface area is 105 Å². The molecule has 0 bridgehead atoms. The van der Waals surface area contributed by atoms with E-state index in [9.17, 15) is 24.0 Å². The second-order valence-corrected chi connectivity index (χ2v) is 3.89. The predicted octanol–water partition coefficient (Wildman–Crippen LogP) is 1.58. The first-order valence-corrected chi connectivity index (χ1v) is 5.00. The van der Waals surface area contributed by atoms with E-state index in [2.05, 4.69) is 0 Å². The summed E-state index contributed by atoms with van der Waals surface area (Å²) in [6.07, 6.45) is 0. The number of phenolic OH excluding ortho intramolecular Hbond substituents is 1. The number of hydrogen-bond acceptors (Lipinski definition) is 5. The van der Waals surface area contributed by atoms with Crippen molar-refractivity contribution < 1.29 is 23.9 Å². The zero-order valence-corrected chi connectivity index (χ0v) is 9.56. The lowest BCUT2D eigenvalue weighted by molar-refractivity contribution is -0.386. The second kappa shape index (κ2) is 5.01. The van der Waals surface area contributed by atoms with E-state index in [0.29, 0.717) is 0 Å².